The minimum Gasteiger partial charge on any atom is -0.464 e. The summed E-state index contributed by atoms with van der Waals surface area (Å²) in [5, 5.41) is 0.505. The predicted molar refractivity (Wildman–Crippen MR) is 82.4 cm³/mol. The Balaban J connectivity index is 2.43. The summed E-state index contributed by atoms with van der Waals surface area (Å²) in [5.74, 6) is -0.499. The Labute approximate surface area is 128 Å². The standard InChI is InChI=1S/C17H20FNO3/c1-4-15(17(21)22-10-11(2)3)19-8-12(9-20)14-7-13(18)5-6-16(14)19/h5-9,11,15H,4,10H2,1-3H3. The van der Waals surface area contributed by atoms with Gasteiger partial charge in [0.2, 0.25) is 0 Å². The van der Waals surface area contributed by atoms with E-state index >= 15 is 0 Å². The van der Waals surface area contributed by atoms with Gasteiger partial charge in [0.25, 0.3) is 0 Å². The van der Waals surface area contributed by atoms with Gasteiger partial charge in [-0.05, 0) is 30.5 Å². The highest BCUT2D eigenvalue weighted by Gasteiger charge is 2.23. The first kappa shape index (κ1) is 16.2. The molecule has 1 aromatic carbocycles. The van der Waals surface area contributed by atoms with Gasteiger partial charge in [-0.15, -0.1) is 0 Å². The normalized spacial score (nSPS) is 12.6. The van der Waals surface area contributed by atoms with E-state index < -0.39 is 11.9 Å². The lowest BCUT2D eigenvalue weighted by Crippen LogP contribution is -2.22. The van der Waals surface area contributed by atoms with Crippen molar-refractivity contribution in [2.75, 3.05) is 6.61 Å². The zero-order chi connectivity index (χ0) is 16.3. The minimum atomic E-state index is -0.527. The van der Waals surface area contributed by atoms with Crippen LogP contribution in [0.4, 0.5) is 4.39 Å². The van der Waals surface area contributed by atoms with Crippen LogP contribution in [0.25, 0.3) is 10.9 Å². The van der Waals surface area contributed by atoms with Crippen LogP contribution in [0.15, 0.2) is 24.4 Å². The maximum Gasteiger partial charge on any atom is 0.329 e. The largest absolute Gasteiger partial charge is 0.464 e. The molecule has 0 fully saturated rings. The number of fused-ring (bicyclic) bond motifs is 1. The molecule has 2 rings (SSSR count). The average Bonchev–Trinajstić information content (AvgIpc) is 2.83. The molecule has 0 N–H and O–H groups in total. The Morgan fingerprint density at radius 2 is 2.14 bits per heavy atom. The summed E-state index contributed by atoms with van der Waals surface area (Å²) < 4.78 is 20.4. The van der Waals surface area contributed by atoms with Gasteiger partial charge in [-0.1, -0.05) is 20.8 Å². The van der Waals surface area contributed by atoms with E-state index in [-0.39, 0.29) is 11.9 Å². The van der Waals surface area contributed by atoms with Gasteiger partial charge in [0.15, 0.2) is 6.29 Å². The molecule has 1 atom stereocenters. The maximum absolute atomic E-state index is 13.4. The number of hydrogen-bond acceptors (Lipinski definition) is 3. The van der Waals surface area contributed by atoms with Crippen LogP contribution in [0.1, 0.15) is 43.6 Å². The molecule has 0 aliphatic heterocycles. The number of ether oxygens (including phenoxy) is 1. The fraction of sp³-hybridized carbons (Fsp3) is 0.412. The molecule has 2 aromatic rings. The van der Waals surface area contributed by atoms with E-state index in [2.05, 4.69) is 0 Å². The highest BCUT2D eigenvalue weighted by molar-refractivity contribution is 5.98. The quantitative estimate of drug-likeness (QED) is 0.603. The molecule has 1 heterocycles. The first-order valence-electron chi connectivity index (χ1n) is 7.39. The summed E-state index contributed by atoms with van der Waals surface area (Å²) in [5.41, 5.74) is 1.02. The highest BCUT2D eigenvalue weighted by atomic mass is 19.1. The second-order valence-corrected chi connectivity index (χ2v) is 5.72. The smallest absolute Gasteiger partial charge is 0.329 e. The van der Waals surface area contributed by atoms with E-state index in [4.69, 9.17) is 4.74 Å². The average molecular weight is 305 g/mol. The monoisotopic (exact) mass is 305 g/mol. The summed E-state index contributed by atoms with van der Waals surface area (Å²) in [4.78, 5) is 23.5. The number of carbonyl (C=O) groups excluding carboxylic acids is 2. The molecule has 5 heteroatoms. The lowest BCUT2D eigenvalue weighted by Gasteiger charge is -2.18. The molecule has 22 heavy (non-hydrogen) atoms. The van der Waals surface area contributed by atoms with Crippen LogP contribution in [0.2, 0.25) is 0 Å². The van der Waals surface area contributed by atoms with E-state index in [1.807, 2.05) is 20.8 Å². The molecule has 4 nitrogen and oxygen atoms in total. The van der Waals surface area contributed by atoms with Gasteiger partial charge in [-0.25, -0.2) is 9.18 Å². The van der Waals surface area contributed by atoms with E-state index in [9.17, 15) is 14.0 Å². The SMILES string of the molecule is CCC(C(=O)OCC(C)C)n1cc(C=O)c2cc(F)ccc21. The molecule has 0 amide bonds. The molecule has 0 radical (unpaired) electrons. The fourth-order valence-corrected chi connectivity index (χ4v) is 2.43. The number of aromatic nitrogens is 1. The molecule has 0 saturated carbocycles. The van der Waals surface area contributed by atoms with E-state index in [1.165, 1.54) is 12.1 Å². The summed E-state index contributed by atoms with van der Waals surface area (Å²) in [6, 6.07) is 3.68. The third kappa shape index (κ3) is 3.18. The Kier molecular flexibility index (Phi) is 4.96. The molecule has 0 bridgehead atoms. The molecule has 1 aromatic heterocycles. The zero-order valence-electron chi connectivity index (χ0n) is 13.0. The van der Waals surface area contributed by atoms with Gasteiger partial charge >= 0.3 is 5.97 Å². The molecule has 0 saturated heterocycles. The Bertz CT molecular complexity index is 691. The molecule has 0 aliphatic carbocycles. The number of halogens is 1. The molecule has 1 unspecified atom stereocenters. The zero-order valence-corrected chi connectivity index (χ0v) is 13.0. The summed E-state index contributed by atoms with van der Waals surface area (Å²) in [6.07, 6.45) is 2.78. The lowest BCUT2D eigenvalue weighted by molar-refractivity contribution is -0.148. The van der Waals surface area contributed by atoms with Crippen molar-refractivity contribution in [3.8, 4) is 0 Å². The first-order valence-corrected chi connectivity index (χ1v) is 7.39. The van der Waals surface area contributed by atoms with Gasteiger partial charge in [-0.2, -0.15) is 0 Å². The maximum atomic E-state index is 13.4. The van der Waals surface area contributed by atoms with Crippen molar-refractivity contribution in [2.45, 2.75) is 33.2 Å². The van der Waals surface area contributed by atoms with Crippen molar-refractivity contribution in [1.82, 2.24) is 4.57 Å². The summed E-state index contributed by atoms with van der Waals surface area (Å²) in [7, 11) is 0. The van der Waals surface area contributed by atoms with Gasteiger partial charge < -0.3 is 9.30 Å². The van der Waals surface area contributed by atoms with Crippen LogP contribution in [-0.4, -0.2) is 23.4 Å². The number of rotatable bonds is 6. The second-order valence-electron chi connectivity index (χ2n) is 5.72. The van der Waals surface area contributed by atoms with Crippen LogP contribution in [-0.2, 0) is 9.53 Å². The van der Waals surface area contributed by atoms with Gasteiger partial charge in [-0.3, -0.25) is 4.79 Å². The van der Waals surface area contributed by atoms with Crippen LogP contribution in [0, 0.1) is 11.7 Å². The van der Waals surface area contributed by atoms with Crippen LogP contribution in [0.3, 0.4) is 0 Å². The van der Waals surface area contributed by atoms with Crippen molar-refractivity contribution in [3.63, 3.8) is 0 Å². The highest BCUT2D eigenvalue weighted by Crippen LogP contribution is 2.27. The Hall–Kier alpha value is -2.17. The van der Waals surface area contributed by atoms with Crippen molar-refractivity contribution < 1.29 is 18.7 Å². The van der Waals surface area contributed by atoms with Crippen LogP contribution < -0.4 is 0 Å². The van der Waals surface area contributed by atoms with Crippen molar-refractivity contribution in [1.29, 1.82) is 0 Å². The number of nitrogens with zero attached hydrogens (tertiary/aromatic N) is 1. The molecular formula is C17H20FNO3. The second kappa shape index (κ2) is 6.73. The minimum absolute atomic E-state index is 0.252. The summed E-state index contributed by atoms with van der Waals surface area (Å²) >= 11 is 0. The first-order chi connectivity index (χ1) is 10.5. The predicted octanol–water partition coefficient (Wildman–Crippen LogP) is 3.74. The van der Waals surface area contributed by atoms with E-state index in [1.54, 1.807) is 16.8 Å². The topological polar surface area (TPSA) is 48.3 Å². The lowest BCUT2D eigenvalue weighted by atomic mass is 10.2. The van der Waals surface area contributed by atoms with Crippen molar-refractivity contribution >= 4 is 23.2 Å². The fourth-order valence-electron chi connectivity index (χ4n) is 2.43. The van der Waals surface area contributed by atoms with Crippen molar-refractivity contribution in [2.24, 2.45) is 5.92 Å². The molecule has 0 aliphatic rings. The van der Waals surface area contributed by atoms with Gasteiger partial charge in [0.1, 0.15) is 11.9 Å². The van der Waals surface area contributed by atoms with E-state index in [0.29, 0.717) is 35.8 Å². The number of esters is 1. The van der Waals surface area contributed by atoms with Crippen molar-refractivity contribution in [3.05, 3.63) is 35.8 Å². The Morgan fingerprint density at radius 3 is 2.73 bits per heavy atom. The van der Waals surface area contributed by atoms with E-state index in [0.717, 1.165) is 0 Å². The van der Waals surface area contributed by atoms with Gasteiger partial charge in [0, 0.05) is 22.7 Å². The molecular weight excluding hydrogens is 285 g/mol. The van der Waals surface area contributed by atoms with Gasteiger partial charge in [0.05, 0.1) is 6.61 Å². The number of hydrogen-bond donors (Lipinski definition) is 0. The number of aldehydes is 1. The summed E-state index contributed by atoms with van der Waals surface area (Å²) in [6.45, 7) is 6.15. The number of carbonyl (C=O) groups is 2. The molecule has 118 valence electrons. The van der Waals surface area contributed by atoms with Crippen LogP contribution in [0.5, 0.6) is 0 Å². The van der Waals surface area contributed by atoms with Crippen LogP contribution >= 0.6 is 0 Å². The third-order valence-corrected chi connectivity index (χ3v) is 3.51. The third-order valence-electron chi connectivity index (χ3n) is 3.51. The Morgan fingerprint density at radius 1 is 1.41 bits per heavy atom. The molecule has 0 spiro atoms. The number of benzene rings is 1.